The van der Waals surface area contributed by atoms with Crippen LogP contribution in [0.5, 0.6) is 11.5 Å². The predicted octanol–water partition coefficient (Wildman–Crippen LogP) is 6.34. The number of hydrogen-bond donors (Lipinski definition) is 1. The molecule has 4 aromatic carbocycles. The summed E-state index contributed by atoms with van der Waals surface area (Å²) in [6.07, 6.45) is 3.44. The van der Waals surface area contributed by atoms with Gasteiger partial charge < -0.3 is 19.5 Å². The van der Waals surface area contributed by atoms with Crippen molar-refractivity contribution in [3.8, 4) is 11.5 Å². The van der Waals surface area contributed by atoms with Gasteiger partial charge in [0.25, 0.3) is 5.91 Å². The molecule has 1 N–H and O–H groups in total. The zero-order valence-electron chi connectivity index (χ0n) is 25.0. The zero-order chi connectivity index (χ0) is 29.7. The highest BCUT2D eigenvalue weighted by Gasteiger charge is 2.23. The van der Waals surface area contributed by atoms with Gasteiger partial charge in [-0.2, -0.15) is 0 Å². The third-order valence-electron chi connectivity index (χ3n) is 7.88. The molecule has 1 amide bonds. The Morgan fingerprint density at radius 1 is 0.791 bits per heavy atom. The largest absolute Gasteiger partial charge is 0.497 e. The first-order valence-electron chi connectivity index (χ1n) is 15.2. The van der Waals surface area contributed by atoms with Crippen LogP contribution in [0.25, 0.3) is 0 Å². The second-order valence-electron chi connectivity index (χ2n) is 11.1. The molecule has 0 saturated carbocycles. The number of nitrogens with zero attached hydrogens (tertiary/aromatic N) is 1. The summed E-state index contributed by atoms with van der Waals surface area (Å²) in [5, 5.41) is 3.23. The highest BCUT2D eigenvalue weighted by molar-refractivity contribution is 5.97. The fourth-order valence-electron chi connectivity index (χ4n) is 5.60. The number of carbonyl (C=O) groups excluding carboxylic acids is 1. The number of benzene rings is 4. The molecule has 4 aromatic rings. The molecule has 43 heavy (non-hydrogen) atoms. The van der Waals surface area contributed by atoms with Crippen molar-refractivity contribution in [2.24, 2.45) is 0 Å². The quantitative estimate of drug-likeness (QED) is 0.277. The lowest BCUT2D eigenvalue weighted by atomic mass is 10.0. The van der Waals surface area contributed by atoms with Gasteiger partial charge in [-0.1, -0.05) is 84.9 Å². The maximum absolute atomic E-state index is 13.6. The summed E-state index contributed by atoms with van der Waals surface area (Å²) < 4.78 is 18.2. The lowest BCUT2D eigenvalue weighted by Gasteiger charge is -2.32. The highest BCUT2D eigenvalue weighted by atomic mass is 16.5. The van der Waals surface area contributed by atoms with E-state index in [1.165, 1.54) is 11.1 Å². The smallest absolute Gasteiger partial charge is 0.255 e. The minimum Gasteiger partial charge on any atom is -0.497 e. The van der Waals surface area contributed by atoms with Gasteiger partial charge in [0.1, 0.15) is 18.1 Å². The van der Waals surface area contributed by atoms with E-state index >= 15 is 0 Å². The van der Waals surface area contributed by atoms with Gasteiger partial charge in [0.2, 0.25) is 0 Å². The van der Waals surface area contributed by atoms with E-state index in [9.17, 15) is 4.79 Å². The molecule has 0 bridgehead atoms. The molecule has 0 unspecified atom stereocenters. The minimum absolute atomic E-state index is 0.0848. The first kappa shape index (κ1) is 30.3. The number of para-hydroxylation sites is 1. The normalized spacial score (nSPS) is 18.8. The van der Waals surface area contributed by atoms with Gasteiger partial charge in [-0.05, 0) is 73.2 Å². The summed E-state index contributed by atoms with van der Waals surface area (Å²) in [6.45, 7) is 3.21. The number of nitrogens with one attached hydrogen (secondary N) is 1. The molecule has 5 rings (SSSR count). The monoisotopic (exact) mass is 578 g/mol. The van der Waals surface area contributed by atoms with Crippen molar-refractivity contribution in [1.82, 2.24) is 10.2 Å². The van der Waals surface area contributed by atoms with Crippen molar-refractivity contribution in [2.45, 2.75) is 44.3 Å². The Labute approximate surface area is 255 Å². The molecular weight excluding hydrogens is 536 g/mol. The van der Waals surface area contributed by atoms with Crippen LogP contribution in [0.3, 0.4) is 0 Å². The fourth-order valence-corrected chi connectivity index (χ4v) is 5.60. The van der Waals surface area contributed by atoms with E-state index in [0.717, 1.165) is 43.7 Å². The van der Waals surface area contributed by atoms with Crippen LogP contribution in [0.15, 0.2) is 109 Å². The molecule has 0 fully saturated rings. The van der Waals surface area contributed by atoms with Crippen LogP contribution in [0.4, 0.5) is 0 Å². The average molecular weight is 579 g/mol. The first-order chi connectivity index (χ1) is 21.2. The third kappa shape index (κ3) is 9.18. The van der Waals surface area contributed by atoms with Crippen molar-refractivity contribution >= 4 is 5.91 Å². The minimum atomic E-state index is -0.150. The summed E-state index contributed by atoms with van der Waals surface area (Å²) in [5.41, 5.74) is 4.14. The van der Waals surface area contributed by atoms with Gasteiger partial charge in [0.15, 0.2) is 0 Å². The van der Waals surface area contributed by atoms with Crippen LogP contribution in [-0.4, -0.2) is 56.4 Å². The highest BCUT2D eigenvalue weighted by Crippen LogP contribution is 2.23. The molecule has 6 heteroatoms. The molecule has 1 aliphatic rings. The van der Waals surface area contributed by atoms with E-state index in [-0.39, 0.29) is 18.0 Å². The van der Waals surface area contributed by atoms with Crippen molar-refractivity contribution < 1.29 is 19.0 Å². The standard InChI is InChI=1S/C37H42N2O4/c1-41-34-18-12-17-31(25-34)26-39-21-10-11-22-42-27-32(23-29-13-4-2-5-14-29)38-37(40)35-19-8-9-20-36(35)43-28-33(39)24-30-15-6-3-7-16-30/h2-9,12-20,25,32-33H,10-11,21-24,26-28H2,1H3,(H,38,40)/t32-,33-/m0/s1. The molecular formula is C37H42N2O4. The number of carbonyl (C=O) groups is 1. The Morgan fingerprint density at radius 2 is 1.49 bits per heavy atom. The van der Waals surface area contributed by atoms with E-state index in [1.54, 1.807) is 7.11 Å². The second-order valence-corrected chi connectivity index (χ2v) is 11.1. The Hall–Kier alpha value is -4.13. The maximum Gasteiger partial charge on any atom is 0.255 e. The molecule has 0 radical (unpaired) electrons. The van der Waals surface area contributed by atoms with E-state index in [2.05, 4.69) is 58.7 Å². The van der Waals surface area contributed by atoms with Crippen molar-refractivity contribution in [3.05, 3.63) is 131 Å². The van der Waals surface area contributed by atoms with Crippen LogP contribution >= 0.6 is 0 Å². The lowest BCUT2D eigenvalue weighted by Crippen LogP contribution is -2.41. The Kier molecular flexibility index (Phi) is 11.2. The Morgan fingerprint density at radius 3 is 2.26 bits per heavy atom. The second kappa shape index (κ2) is 15.9. The molecule has 0 aliphatic carbocycles. The van der Waals surface area contributed by atoms with E-state index in [0.29, 0.717) is 37.6 Å². The SMILES string of the molecule is COc1cccc(CN2CCCCOC[C@H](Cc3ccccc3)NC(=O)c3ccccc3OC[C@@H]2Cc2ccccc2)c1. The number of methoxy groups -OCH3 is 1. The lowest BCUT2D eigenvalue weighted by molar-refractivity contribution is 0.0819. The summed E-state index contributed by atoms with van der Waals surface area (Å²) >= 11 is 0. The van der Waals surface area contributed by atoms with Crippen molar-refractivity contribution in [3.63, 3.8) is 0 Å². The molecule has 0 spiro atoms. The van der Waals surface area contributed by atoms with Gasteiger partial charge >= 0.3 is 0 Å². The number of hydrogen-bond acceptors (Lipinski definition) is 5. The topological polar surface area (TPSA) is 60.0 Å². The van der Waals surface area contributed by atoms with Gasteiger partial charge in [0, 0.05) is 19.2 Å². The van der Waals surface area contributed by atoms with Crippen molar-refractivity contribution in [1.29, 1.82) is 0 Å². The predicted molar refractivity (Wildman–Crippen MR) is 171 cm³/mol. The molecule has 0 saturated heterocycles. The van der Waals surface area contributed by atoms with Crippen LogP contribution in [0.1, 0.15) is 39.9 Å². The van der Waals surface area contributed by atoms with Crippen molar-refractivity contribution in [2.75, 3.05) is 33.5 Å². The fraction of sp³-hybridized carbons (Fsp3) is 0.324. The third-order valence-corrected chi connectivity index (χ3v) is 7.88. The number of rotatable bonds is 7. The molecule has 1 heterocycles. The number of fused-ring (bicyclic) bond motifs is 1. The summed E-state index contributed by atoms with van der Waals surface area (Å²) in [7, 11) is 1.70. The van der Waals surface area contributed by atoms with Crippen LogP contribution in [0.2, 0.25) is 0 Å². The van der Waals surface area contributed by atoms with E-state index in [4.69, 9.17) is 14.2 Å². The van der Waals surface area contributed by atoms with Gasteiger partial charge in [0.05, 0.1) is 25.3 Å². The summed E-state index contributed by atoms with van der Waals surface area (Å²) in [6, 6.07) is 36.5. The molecule has 6 nitrogen and oxygen atoms in total. The van der Waals surface area contributed by atoms with E-state index in [1.807, 2.05) is 60.7 Å². The molecule has 0 aromatic heterocycles. The number of amides is 1. The van der Waals surface area contributed by atoms with Crippen LogP contribution in [-0.2, 0) is 24.1 Å². The van der Waals surface area contributed by atoms with Gasteiger partial charge in [-0.25, -0.2) is 0 Å². The maximum atomic E-state index is 13.6. The molecule has 1 aliphatic heterocycles. The first-order valence-corrected chi connectivity index (χ1v) is 15.2. The van der Waals surface area contributed by atoms with Gasteiger partial charge in [-0.15, -0.1) is 0 Å². The van der Waals surface area contributed by atoms with Crippen LogP contribution in [0, 0.1) is 0 Å². The number of ether oxygens (including phenoxy) is 3. The van der Waals surface area contributed by atoms with Gasteiger partial charge in [-0.3, -0.25) is 9.69 Å². The summed E-state index contributed by atoms with van der Waals surface area (Å²) in [4.78, 5) is 16.1. The Balaban J connectivity index is 1.41. The van der Waals surface area contributed by atoms with Crippen LogP contribution < -0.4 is 14.8 Å². The average Bonchev–Trinajstić information content (AvgIpc) is 3.05. The molecule has 224 valence electrons. The van der Waals surface area contributed by atoms with E-state index < -0.39 is 0 Å². The summed E-state index contributed by atoms with van der Waals surface area (Å²) in [5.74, 6) is 1.29. The zero-order valence-corrected chi connectivity index (χ0v) is 25.0. The molecule has 2 atom stereocenters. The Bertz CT molecular complexity index is 1410.